The number of hydrogen-bond acceptors (Lipinski definition) is 7. The van der Waals surface area contributed by atoms with E-state index in [2.05, 4.69) is 15.3 Å². The van der Waals surface area contributed by atoms with E-state index < -0.39 is 10.8 Å². The molecule has 0 spiro atoms. The SMILES string of the molecule is COc1ccccc1NC(=O)[C@H](C)Sc1nc(-c2ccco2)c(C#N)c(=O)[nH]1. The number of nitrogens with one attached hydrogen (secondary N) is 2. The van der Waals surface area contributed by atoms with Gasteiger partial charge in [-0.15, -0.1) is 0 Å². The van der Waals surface area contributed by atoms with Crippen molar-refractivity contribution < 1.29 is 13.9 Å². The summed E-state index contributed by atoms with van der Waals surface area (Å²) in [4.78, 5) is 31.6. The minimum Gasteiger partial charge on any atom is -0.495 e. The Labute approximate surface area is 164 Å². The Balaban J connectivity index is 1.82. The van der Waals surface area contributed by atoms with Crippen LogP contribution in [-0.2, 0) is 4.79 Å². The molecular formula is C19H16N4O4S. The van der Waals surface area contributed by atoms with Gasteiger partial charge in [-0.05, 0) is 31.2 Å². The van der Waals surface area contributed by atoms with Crippen LogP contribution in [0.25, 0.3) is 11.5 Å². The first kappa shape index (κ1) is 19.3. The molecule has 3 aromatic rings. The first-order valence-corrected chi connectivity index (χ1v) is 9.10. The number of H-pyrrole nitrogens is 1. The number of para-hydroxylation sites is 2. The molecule has 0 unspecified atom stereocenters. The Morgan fingerprint density at radius 2 is 2.14 bits per heavy atom. The van der Waals surface area contributed by atoms with Gasteiger partial charge >= 0.3 is 0 Å². The molecule has 0 saturated heterocycles. The summed E-state index contributed by atoms with van der Waals surface area (Å²) in [5, 5.41) is 11.7. The van der Waals surface area contributed by atoms with Crippen LogP contribution in [0.3, 0.4) is 0 Å². The van der Waals surface area contributed by atoms with Gasteiger partial charge in [0.05, 0.1) is 24.3 Å². The summed E-state index contributed by atoms with van der Waals surface area (Å²) >= 11 is 1.06. The summed E-state index contributed by atoms with van der Waals surface area (Å²) in [5.41, 5.74) is -0.0646. The molecule has 142 valence electrons. The topological polar surface area (TPSA) is 121 Å². The number of carbonyl (C=O) groups is 1. The van der Waals surface area contributed by atoms with Crippen molar-refractivity contribution in [2.45, 2.75) is 17.3 Å². The lowest BCUT2D eigenvalue weighted by Crippen LogP contribution is -2.24. The molecule has 2 aromatic heterocycles. The zero-order valence-corrected chi connectivity index (χ0v) is 15.9. The van der Waals surface area contributed by atoms with Crippen molar-refractivity contribution in [3.8, 4) is 23.3 Å². The molecule has 2 N–H and O–H groups in total. The number of thioether (sulfide) groups is 1. The van der Waals surface area contributed by atoms with Crippen LogP contribution in [0.2, 0.25) is 0 Å². The molecule has 1 atom stereocenters. The molecule has 0 aliphatic carbocycles. The van der Waals surface area contributed by atoms with Crippen LogP contribution in [0.5, 0.6) is 5.75 Å². The summed E-state index contributed by atoms with van der Waals surface area (Å²) in [6.45, 7) is 1.68. The van der Waals surface area contributed by atoms with E-state index in [9.17, 15) is 14.9 Å². The number of aromatic nitrogens is 2. The Hall–Kier alpha value is -3.51. The lowest BCUT2D eigenvalue weighted by atomic mass is 10.2. The Kier molecular flexibility index (Phi) is 5.81. The molecule has 1 aromatic carbocycles. The predicted molar refractivity (Wildman–Crippen MR) is 104 cm³/mol. The zero-order chi connectivity index (χ0) is 20.1. The number of ether oxygens (including phenoxy) is 1. The van der Waals surface area contributed by atoms with Crippen molar-refractivity contribution in [3.05, 3.63) is 58.6 Å². The summed E-state index contributed by atoms with van der Waals surface area (Å²) in [5.74, 6) is 0.551. The standard InChI is InChI=1S/C19H16N4O4S/c1-11(17(24)21-13-6-3-4-7-14(13)26-2)28-19-22-16(15-8-5-9-27-15)12(10-20)18(25)23-19/h3-9,11H,1-2H3,(H,21,24)(H,22,23,25)/t11-/m0/s1. The van der Waals surface area contributed by atoms with Crippen LogP contribution in [-0.4, -0.2) is 28.2 Å². The predicted octanol–water partition coefficient (Wildman–Crippen LogP) is 3.03. The van der Waals surface area contributed by atoms with E-state index >= 15 is 0 Å². The van der Waals surface area contributed by atoms with Gasteiger partial charge in [0.1, 0.15) is 23.1 Å². The number of furan rings is 1. The molecule has 0 fully saturated rings. The molecule has 28 heavy (non-hydrogen) atoms. The first-order chi connectivity index (χ1) is 13.5. The monoisotopic (exact) mass is 396 g/mol. The number of hydrogen-bond donors (Lipinski definition) is 2. The summed E-state index contributed by atoms with van der Waals surface area (Å²) < 4.78 is 10.5. The number of aromatic amines is 1. The van der Waals surface area contributed by atoms with E-state index in [0.29, 0.717) is 17.2 Å². The number of methoxy groups -OCH3 is 1. The van der Waals surface area contributed by atoms with Gasteiger partial charge in [-0.3, -0.25) is 9.59 Å². The maximum absolute atomic E-state index is 12.5. The molecule has 1 amide bonds. The lowest BCUT2D eigenvalue weighted by molar-refractivity contribution is -0.115. The number of anilines is 1. The van der Waals surface area contributed by atoms with E-state index in [1.807, 2.05) is 6.07 Å². The van der Waals surface area contributed by atoms with Gasteiger partial charge in [-0.25, -0.2) is 4.98 Å². The Bertz CT molecular complexity index is 1090. The van der Waals surface area contributed by atoms with Gasteiger partial charge in [0.2, 0.25) is 5.91 Å². The molecule has 8 nitrogen and oxygen atoms in total. The molecule has 0 radical (unpaired) electrons. The second kappa shape index (κ2) is 8.45. The number of nitriles is 1. The largest absolute Gasteiger partial charge is 0.495 e. The van der Waals surface area contributed by atoms with Gasteiger partial charge in [0.15, 0.2) is 10.9 Å². The molecule has 0 saturated carbocycles. The maximum atomic E-state index is 12.5. The lowest BCUT2D eigenvalue weighted by Gasteiger charge is -2.14. The van der Waals surface area contributed by atoms with E-state index in [0.717, 1.165) is 11.8 Å². The van der Waals surface area contributed by atoms with Gasteiger partial charge < -0.3 is 19.5 Å². The van der Waals surface area contributed by atoms with Crippen molar-refractivity contribution in [2.24, 2.45) is 0 Å². The van der Waals surface area contributed by atoms with Crippen molar-refractivity contribution >= 4 is 23.4 Å². The number of rotatable bonds is 6. The molecule has 0 aliphatic rings. The molecule has 3 rings (SSSR count). The van der Waals surface area contributed by atoms with E-state index in [1.54, 1.807) is 43.3 Å². The smallest absolute Gasteiger partial charge is 0.270 e. The fourth-order valence-corrected chi connectivity index (χ4v) is 3.20. The maximum Gasteiger partial charge on any atom is 0.270 e. The fourth-order valence-electron chi connectivity index (χ4n) is 2.41. The van der Waals surface area contributed by atoms with Crippen LogP contribution in [0.1, 0.15) is 12.5 Å². The highest BCUT2D eigenvalue weighted by atomic mass is 32.2. The second-order valence-corrected chi connectivity index (χ2v) is 6.96. The van der Waals surface area contributed by atoms with Gasteiger partial charge in [0, 0.05) is 0 Å². The Morgan fingerprint density at radius 1 is 1.36 bits per heavy atom. The summed E-state index contributed by atoms with van der Waals surface area (Å²) in [6, 6.07) is 12.1. The number of benzene rings is 1. The molecule has 9 heteroatoms. The van der Waals surface area contributed by atoms with Gasteiger partial charge in [0.25, 0.3) is 5.56 Å². The molecule has 0 bridgehead atoms. The fraction of sp³-hybridized carbons (Fsp3) is 0.158. The minimum absolute atomic E-state index is 0.135. The van der Waals surface area contributed by atoms with Crippen molar-refractivity contribution in [3.63, 3.8) is 0 Å². The van der Waals surface area contributed by atoms with Crippen LogP contribution in [0.4, 0.5) is 5.69 Å². The highest BCUT2D eigenvalue weighted by molar-refractivity contribution is 8.00. The normalized spacial score (nSPS) is 11.5. The minimum atomic E-state index is -0.594. The van der Waals surface area contributed by atoms with Gasteiger partial charge in [-0.1, -0.05) is 23.9 Å². The third kappa shape index (κ3) is 4.07. The summed E-state index contributed by atoms with van der Waals surface area (Å²) in [6.07, 6.45) is 1.43. The van der Waals surface area contributed by atoms with Crippen LogP contribution in [0.15, 0.2) is 57.0 Å². The molecule has 0 aliphatic heterocycles. The van der Waals surface area contributed by atoms with Crippen LogP contribution < -0.4 is 15.6 Å². The molecular weight excluding hydrogens is 380 g/mol. The molecule has 2 heterocycles. The third-order valence-electron chi connectivity index (χ3n) is 3.79. The Morgan fingerprint density at radius 3 is 2.82 bits per heavy atom. The van der Waals surface area contributed by atoms with Crippen LogP contribution >= 0.6 is 11.8 Å². The van der Waals surface area contributed by atoms with Gasteiger partial charge in [-0.2, -0.15) is 5.26 Å². The number of amides is 1. The van der Waals surface area contributed by atoms with Crippen molar-refractivity contribution in [1.29, 1.82) is 5.26 Å². The third-order valence-corrected chi connectivity index (χ3v) is 4.77. The van der Waals surface area contributed by atoms with Crippen molar-refractivity contribution in [2.75, 3.05) is 12.4 Å². The van der Waals surface area contributed by atoms with Crippen molar-refractivity contribution in [1.82, 2.24) is 9.97 Å². The van der Waals surface area contributed by atoms with E-state index in [1.165, 1.54) is 13.4 Å². The quantitative estimate of drug-likeness (QED) is 0.485. The van der Waals surface area contributed by atoms with E-state index in [-0.39, 0.29) is 22.3 Å². The number of nitrogens with zero attached hydrogens (tertiary/aromatic N) is 2. The van der Waals surface area contributed by atoms with E-state index in [4.69, 9.17) is 9.15 Å². The average Bonchev–Trinajstić information content (AvgIpc) is 3.22. The first-order valence-electron chi connectivity index (χ1n) is 8.22. The zero-order valence-electron chi connectivity index (χ0n) is 15.1. The highest BCUT2D eigenvalue weighted by Gasteiger charge is 2.20. The second-order valence-electron chi connectivity index (χ2n) is 5.63. The van der Waals surface area contributed by atoms with Crippen LogP contribution in [0, 0.1) is 11.3 Å². The summed E-state index contributed by atoms with van der Waals surface area (Å²) in [7, 11) is 1.52. The highest BCUT2D eigenvalue weighted by Crippen LogP contribution is 2.27. The number of carbonyl (C=O) groups excluding carboxylic acids is 1. The average molecular weight is 396 g/mol.